The number of hydrogen-bond donors (Lipinski definition) is 1. The van der Waals surface area contributed by atoms with Gasteiger partial charge in [0.15, 0.2) is 0 Å². The van der Waals surface area contributed by atoms with Gasteiger partial charge in [-0.3, -0.25) is 4.90 Å². The molecule has 0 spiro atoms. The van der Waals surface area contributed by atoms with Crippen molar-refractivity contribution in [3.63, 3.8) is 0 Å². The molecule has 0 amide bonds. The zero-order valence-corrected chi connectivity index (χ0v) is 8.49. The van der Waals surface area contributed by atoms with Gasteiger partial charge in [-0.1, -0.05) is 18.2 Å². The highest BCUT2D eigenvalue weighted by Crippen LogP contribution is 2.21. The Hall–Kier alpha value is -1.19. The lowest BCUT2D eigenvalue weighted by Gasteiger charge is -2.24. The Morgan fingerprint density at radius 2 is 2.00 bits per heavy atom. The van der Waals surface area contributed by atoms with Gasteiger partial charge in [-0.05, 0) is 29.7 Å². The van der Waals surface area contributed by atoms with Crippen LogP contribution in [0.4, 0.5) is 4.39 Å². The van der Waals surface area contributed by atoms with Crippen molar-refractivity contribution in [2.75, 3.05) is 19.8 Å². The molecule has 0 atom stereocenters. The maximum atomic E-state index is 12.7. The average Bonchev–Trinajstić information content (AvgIpc) is 2.30. The predicted octanol–water partition coefficient (Wildman–Crippen LogP) is 1.86. The fourth-order valence-electron chi connectivity index (χ4n) is 1.77. The number of rotatable bonds is 2. The molecular weight excluding hydrogens is 193 g/mol. The molecule has 1 N–H and O–H groups in total. The Balaban J connectivity index is 2.12. The van der Waals surface area contributed by atoms with Gasteiger partial charge in [0.25, 0.3) is 0 Å². The predicted molar refractivity (Wildman–Crippen MR) is 57.7 cm³/mol. The van der Waals surface area contributed by atoms with Crippen molar-refractivity contribution in [3.05, 3.63) is 41.7 Å². The number of benzene rings is 1. The van der Waals surface area contributed by atoms with E-state index in [9.17, 15) is 4.39 Å². The van der Waals surface area contributed by atoms with Crippen LogP contribution in [0.2, 0.25) is 0 Å². The number of nitrogens with zero attached hydrogens (tertiary/aromatic N) is 1. The summed E-state index contributed by atoms with van der Waals surface area (Å²) in [6.07, 6.45) is 3.00. The average molecular weight is 207 g/mol. The van der Waals surface area contributed by atoms with Crippen LogP contribution in [0.1, 0.15) is 12.0 Å². The summed E-state index contributed by atoms with van der Waals surface area (Å²) in [6.45, 7) is 1.73. The normalized spacial score (nSPS) is 17.6. The van der Waals surface area contributed by atoms with Gasteiger partial charge in [0, 0.05) is 13.1 Å². The summed E-state index contributed by atoms with van der Waals surface area (Å²) >= 11 is 0. The molecule has 1 aromatic rings. The first-order valence-electron chi connectivity index (χ1n) is 5.08. The Kier molecular flexibility index (Phi) is 3.14. The zero-order chi connectivity index (χ0) is 10.7. The van der Waals surface area contributed by atoms with Crippen LogP contribution in [-0.4, -0.2) is 29.8 Å². The van der Waals surface area contributed by atoms with Gasteiger partial charge in [0.2, 0.25) is 0 Å². The lowest BCUT2D eigenvalue weighted by Crippen LogP contribution is -2.29. The largest absolute Gasteiger partial charge is 0.381 e. The van der Waals surface area contributed by atoms with Crippen LogP contribution in [-0.2, 0) is 0 Å². The van der Waals surface area contributed by atoms with Crippen LogP contribution in [0, 0.1) is 5.82 Å². The monoisotopic (exact) mass is 207 g/mol. The van der Waals surface area contributed by atoms with Crippen molar-refractivity contribution in [1.82, 2.24) is 4.90 Å². The van der Waals surface area contributed by atoms with Crippen LogP contribution in [0.15, 0.2) is 30.3 Å². The second-order valence-electron chi connectivity index (χ2n) is 3.70. The Morgan fingerprint density at radius 1 is 1.27 bits per heavy atom. The molecule has 1 aliphatic heterocycles. The first kappa shape index (κ1) is 10.3. The molecule has 0 fully saturated rings. The van der Waals surface area contributed by atoms with Gasteiger partial charge in [-0.15, -0.1) is 0 Å². The minimum atomic E-state index is -0.202. The van der Waals surface area contributed by atoms with Crippen molar-refractivity contribution in [3.8, 4) is 0 Å². The highest BCUT2D eigenvalue weighted by molar-refractivity contribution is 5.66. The van der Waals surface area contributed by atoms with E-state index < -0.39 is 0 Å². The Morgan fingerprint density at radius 3 is 2.53 bits per heavy atom. The van der Waals surface area contributed by atoms with Crippen LogP contribution < -0.4 is 0 Å². The summed E-state index contributed by atoms with van der Waals surface area (Å²) in [5.41, 5.74) is 2.31. The van der Waals surface area contributed by atoms with E-state index in [0.29, 0.717) is 0 Å². The van der Waals surface area contributed by atoms with Gasteiger partial charge in [0.05, 0.1) is 6.73 Å². The van der Waals surface area contributed by atoms with E-state index in [4.69, 9.17) is 5.11 Å². The molecule has 3 heteroatoms. The summed E-state index contributed by atoms with van der Waals surface area (Å²) in [5, 5.41) is 8.93. The summed E-state index contributed by atoms with van der Waals surface area (Å²) in [5.74, 6) is -0.202. The standard InChI is InChI=1S/C12H14FNO/c13-12-3-1-10(2-4-12)11-5-7-14(9-15)8-6-11/h1-5,15H,6-9H2. The third kappa shape index (κ3) is 2.43. The van der Waals surface area contributed by atoms with Gasteiger partial charge in [-0.2, -0.15) is 0 Å². The molecule has 80 valence electrons. The van der Waals surface area contributed by atoms with Gasteiger partial charge in [-0.25, -0.2) is 4.39 Å². The van der Waals surface area contributed by atoms with Crippen molar-refractivity contribution >= 4 is 5.57 Å². The summed E-state index contributed by atoms with van der Waals surface area (Å²) in [4.78, 5) is 1.95. The molecule has 0 saturated heterocycles. The second-order valence-corrected chi connectivity index (χ2v) is 3.70. The third-order valence-electron chi connectivity index (χ3n) is 2.71. The van der Waals surface area contributed by atoms with E-state index in [1.807, 2.05) is 4.90 Å². The first-order chi connectivity index (χ1) is 7.29. The molecule has 0 aromatic heterocycles. The van der Waals surface area contributed by atoms with E-state index in [1.165, 1.54) is 17.7 Å². The van der Waals surface area contributed by atoms with Gasteiger partial charge >= 0.3 is 0 Å². The third-order valence-corrected chi connectivity index (χ3v) is 2.71. The van der Waals surface area contributed by atoms with Crippen molar-refractivity contribution in [1.29, 1.82) is 0 Å². The summed E-state index contributed by atoms with van der Waals surface area (Å²) in [6, 6.07) is 6.56. The zero-order valence-electron chi connectivity index (χ0n) is 8.49. The maximum Gasteiger partial charge on any atom is 0.123 e. The minimum absolute atomic E-state index is 0.104. The molecular formula is C12H14FNO. The molecule has 1 heterocycles. The first-order valence-corrected chi connectivity index (χ1v) is 5.08. The fraction of sp³-hybridized carbons (Fsp3) is 0.333. The molecule has 2 rings (SSSR count). The minimum Gasteiger partial charge on any atom is -0.381 e. The molecule has 0 aliphatic carbocycles. The van der Waals surface area contributed by atoms with Crippen LogP contribution in [0.5, 0.6) is 0 Å². The molecule has 0 radical (unpaired) electrons. The van der Waals surface area contributed by atoms with E-state index in [0.717, 1.165) is 25.1 Å². The van der Waals surface area contributed by atoms with E-state index in [-0.39, 0.29) is 12.5 Å². The van der Waals surface area contributed by atoms with E-state index in [2.05, 4.69) is 6.08 Å². The molecule has 15 heavy (non-hydrogen) atoms. The maximum absolute atomic E-state index is 12.7. The van der Waals surface area contributed by atoms with Gasteiger partial charge < -0.3 is 5.11 Å². The SMILES string of the molecule is OCN1CC=C(c2ccc(F)cc2)CC1. The van der Waals surface area contributed by atoms with Gasteiger partial charge in [0.1, 0.15) is 5.82 Å². The molecule has 2 nitrogen and oxygen atoms in total. The molecule has 0 bridgehead atoms. The van der Waals surface area contributed by atoms with E-state index in [1.54, 1.807) is 12.1 Å². The fourth-order valence-corrected chi connectivity index (χ4v) is 1.77. The smallest absolute Gasteiger partial charge is 0.123 e. The number of halogens is 1. The highest BCUT2D eigenvalue weighted by atomic mass is 19.1. The molecule has 1 aliphatic rings. The summed E-state index contributed by atoms with van der Waals surface area (Å²) < 4.78 is 12.7. The topological polar surface area (TPSA) is 23.5 Å². The van der Waals surface area contributed by atoms with Crippen molar-refractivity contribution < 1.29 is 9.50 Å². The molecule has 0 saturated carbocycles. The Bertz CT molecular complexity index is 358. The van der Waals surface area contributed by atoms with Crippen molar-refractivity contribution in [2.45, 2.75) is 6.42 Å². The van der Waals surface area contributed by atoms with Crippen LogP contribution in [0.3, 0.4) is 0 Å². The molecule has 0 unspecified atom stereocenters. The number of hydrogen-bond acceptors (Lipinski definition) is 2. The lowest BCUT2D eigenvalue weighted by molar-refractivity contribution is 0.118. The van der Waals surface area contributed by atoms with Crippen molar-refractivity contribution in [2.24, 2.45) is 0 Å². The number of aliphatic hydroxyl groups is 1. The number of aliphatic hydroxyl groups excluding tert-OH is 1. The lowest BCUT2D eigenvalue weighted by atomic mass is 10.00. The van der Waals surface area contributed by atoms with Crippen LogP contribution >= 0.6 is 0 Å². The quantitative estimate of drug-likeness (QED) is 0.800. The molecule has 1 aromatic carbocycles. The Labute approximate surface area is 88.6 Å². The van der Waals surface area contributed by atoms with Crippen LogP contribution in [0.25, 0.3) is 5.57 Å². The second kappa shape index (κ2) is 4.55. The van der Waals surface area contributed by atoms with E-state index >= 15 is 0 Å². The highest BCUT2D eigenvalue weighted by Gasteiger charge is 2.11. The summed E-state index contributed by atoms with van der Waals surface area (Å²) in [7, 11) is 0.